The van der Waals surface area contributed by atoms with E-state index in [4.69, 9.17) is 5.73 Å². The number of hydrogen-bond acceptors (Lipinski definition) is 2. The highest BCUT2D eigenvalue weighted by Crippen LogP contribution is 2.36. The van der Waals surface area contributed by atoms with Gasteiger partial charge in [-0.25, -0.2) is 0 Å². The second-order valence-electron chi connectivity index (χ2n) is 3.70. The van der Waals surface area contributed by atoms with Crippen LogP contribution in [0.25, 0.3) is 0 Å². The van der Waals surface area contributed by atoms with Crippen LogP contribution in [0.5, 0.6) is 0 Å². The number of likely N-dealkylation sites (tertiary alicyclic amines) is 1. The molecule has 0 bridgehead atoms. The number of nitrogens with zero attached hydrogens (tertiary/aromatic N) is 1. The lowest BCUT2D eigenvalue weighted by molar-refractivity contribution is -0.00346. The molecule has 0 aromatic heterocycles. The van der Waals surface area contributed by atoms with Gasteiger partial charge in [0.05, 0.1) is 0 Å². The van der Waals surface area contributed by atoms with Crippen LogP contribution in [0.2, 0.25) is 0 Å². The van der Waals surface area contributed by atoms with Crippen molar-refractivity contribution in [2.75, 3.05) is 26.2 Å². The monoisotopic (exact) mass is 156 g/mol. The van der Waals surface area contributed by atoms with E-state index in [1.165, 1.54) is 32.5 Å². The van der Waals surface area contributed by atoms with Gasteiger partial charge in [0.25, 0.3) is 0 Å². The Kier molecular flexibility index (Phi) is 2.90. The van der Waals surface area contributed by atoms with E-state index in [0.717, 1.165) is 6.54 Å². The summed E-state index contributed by atoms with van der Waals surface area (Å²) in [5, 5.41) is 0. The molecule has 1 rings (SSSR count). The van der Waals surface area contributed by atoms with Crippen LogP contribution >= 0.6 is 0 Å². The Bertz CT molecular complexity index is 117. The summed E-state index contributed by atoms with van der Waals surface area (Å²) >= 11 is 0. The van der Waals surface area contributed by atoms with Gasteiger partial charge in [0.15, 0.2) is 0 Å². The van der Waals surface area contributed by atoms with Crippen LogP contribution in [-0.4, -0.2) is 31.1 Å². The third-order valence-corrected chi connectivity index (χ3v) is 2.99. The van der Waals surface area contributed by atoms with Crippen molar-refractivity contribution in [1.29, 1.82) is 0 Å². The second-order valence-corrected chi connectivity index (χ2v) is 3.70. The van der Waals surface area contributed by atoms with Crippen LogP contribution in [0, 0.1) is 5.41 Å². The van der Waals surface area contributed by atoms with Gasteiger partial charge in [-0.15, -0.1) is 0 Å². The summed E-state index contributed by atoms with van der Waals surface area (Å²) in [5.74, 6) is 0. The first-order valence-electron chi connectivity index (χ1n) is 4.69. The molecular formula is C9H20N2. The van der Waals surface area contributed by atoms with E-state index in [1.54, 1.807) is 0 Å². The zero-order chi connectivity index (χ0) is 8.32. The smallest absolute Gasteiger partial charge is 0.00507 e. The van der Waals surface area contributed by atoms with Crippen molar-refractivity contribution in [3.05, 3.63) is 0 Å². The molecule has 0 aliphatic carbocycles. The van der Waals surface area contributed by atoms with E-state index in [9.17, 15) is 0 Å². The van der Waals surface area contributed by atoms with Gasteiger partial charge in [-0.1, -0.05) is 13.8 Å². The molecule has 1 aliphatic rings. The SMILES string of the molecule is CCN1CC(CC)(CCN)C1. The Morgan fingerprint density at radius 1 is 1.36 bits per heavy atom. The molecule has 0 amide bonds. The minimum absolute atomic E-state index is 0.588. The van der Waals surface area contributed by atoms with Crippen molar-refractivity contribution < 1.29 is 0 Å². The molecule has 0 saturated carbocycles. The molecule has 11 heavy (non-hydrogen) atoms. The molecule has 1 heterocycles. The zero-order valence-electron chi connectivity index (χ0n) is 7.77. The topological polar surface area (TPSA) is 29.3 Å². The van der Waals surface area contributed by atoms with Gasteiger partial charge in [-0.3, -0.25) is 0 Å². The molecular weight excluding hydrogens is 136 g/mol. The predicted octanol–water partition coefficient (Wildman–Crippen LogP) is 1.07. The Hall–Kier alpha value is -0.0800. The van der Waals surface area contributed by atoms with Crippen molar-refractivity contribution >= 4 is 0 Å². The maximum atomic E-state index is 5.57. The Morgan fingerprint density at radius 2 is 2.00 bits per heavy atom. The van der Waals surface area contributed by atoms with Crippen molar-refractivity contribution in [2.24, 2.45) is 11.1 Å². The fraction of sp³-hybridized carbons (Fsp3) is 1.00. The summed E-state index contributed by atoms with van der Waals surface area (Å²) < 4.78 is 0. The minimum Gasteiger partial charge on any atom is -0.330 e. The molecule has 1 aliphatic heterocycles. The highest BCUT2D eigenvalue weighted by molar-refractivity contribution is 4.93. The highest BCUT2D eigenvalue weighted by Gasteiger charge is 2.39. The molecule has 2 nitrogen and oxygen atoms in total. The Morgan fingerprint density at radius 3 is 2.36 bits per heavy atom. The second kappa shape index (κ2) is 3.55. The van der Waals surface area contributed by atoms with Gasteiger partial charge >= 0.3 is 0 Å². The van der Waals surface area contributed by atoms with Crippen LogP contribution < -0.4 is 5.73 Å². The summed E-state index contributed by atoms with van der Waals surface area (Å²) in [7, 11) is 0. The normalized spacial score (nSPS) is 23.2. The van der Waals surface area contributed by atoms with Crippen LogP contribution in [-0.2, 0) is 0 Å². The van der Waals surface area contributed by atoms with E-state index >= 15 is 0 Å². The quantitative estimate of drug-likeness (QED) is 0.659. The third kappa shape index (κ3) is 1.74. The van der Waals surface area contributed by atoms with Gasteiger partial charge in [-0.05, 0) is 31.3 Å². The van der Waals surface area contributed by atoms with Crippen molar-refractivity contribution in [3.63, 3.8) is 0 Å². The van der Waals surface area contributed by atoms with Gasteiger partial charge in [0.2, 0.25) is 0 Å². The summed E-state index contributed by atoms with van der Waals surface area (Å²) in [5.41, 5.74) is 6.16. The van der Waals surface area contributed by atoms with Gasteiger partial charge < -0.3 is 10.6 Å². The van der Waals surface area contributed by atoms with Gasteiger partial charge in [0, 0.05) is 13.1 Å². The Labute approximate surface area is 69.8 Å². The van der Waals surface area contributed by atoms with Crippen LogP contribution in [0.1, 0.15) is 26.7 Å². The van der Waals surface area contributed by atoms with Crippen LogP contribution in [0.15, 0.2) is 0 Å². The Balaban J connectivity index is 2.30. The lowest BCUT2D eigenvalue weighted by atomic mass is 9.75. The first-order valence-corrected chi connectivity index (χ1v) is 4.69. The zero-order valence-corrected chi connectivity index (χ0v) is 7.77. The molecule has 1 saturated heterocycles. The van der Waals surface area contributed by atoms with E-state index < -0.39 is 0 Å². The maximum Gasteiger partial charge on any atom is 0.00507 e. The fourth-order valence-corrected chi connectivity index (χ4v) is 1.99. The van der Waals surface area contributed by atoms with Gasteiger partial charge in [-0.2, -0.15) is 0 Å². The maximum absolute atomic E-state index is 5.57. The van der Waals surface area contributed by atoms with Crippen molar-refractivity contribution in [3.8, 4) is 0 Å². The molecule has 0 aromatic carbocycles. The average molecular weight is 156 g/mol. The third-order valence-electron chi connectivity index (χ3n) is 2.99. The van der Waals surface area contributed by atoms with Crippen molar-refractivity contribution in [1.82, 2.24) is 4.90 Å². The first-order chi connectivity index (χ1) is 5.26. The molecule has 2 N–H and O–H groups in total. The summed E-state index contributed by atoms with van der Waals surface area (Å²) in [6.45, 7) is 9.11. The van der Waals surface area contributed by atoms with E-state index in [2.05, 4.69) is 18.7 Å². The fourth-order valence-electron chi connectivity index (χ4n) is 1.99. The van der Waals surface area contributed by atoms with E-state index in [-0.39, 0.29) is 0 Å². The number of rotatable bonds is 4. The summed E-state index contributed by atoms with van der Waals surface area (Å²) in [6.07, 6.45) is 2.50. The van der Waals surface area contributed by atoms with E-state index in [0.29, 0.717) is 5.41 Å². The first kappa shape index (κ1) is 9.01. The van der Waals surface area contributed by atoms with Crippen molar-refractivity contribution in [2.45, 2.75) is 26.7 Å². The number of nitrogens with two attached hydrogens (primary N) is 1. The molecule has 66 valence electrons. The lowest BCUT2D eigenvalue weighted by Gasteiger charge is -2.50. The standard InChI is InChI=1S/C9H20N2/c1-3-9(5-6-10)7-11(4-2)8-9/h3-8,10H2,1-2H3. The van der Waals surface area contributed by atoms with Crippen LogP contribution in [0.4, 0.5) is 0 Å². The van der Waals surface area contributed by atoms with Gasteiger partial charge in [0.1, 0.15) is 0 Å². The molecule has 1 fully saturated rings. The molecule has 0 radical (unpaired) electrons. The molecule has 0 unspecified atom stereocenters. The predicted molar refractivity (Wildman–Crippen MR) is 48.5 cm³/mol. The average Bonchev–Trinajstić information content (AvgIpc) is 1.96. The molecule has 0 spiro atoms. The minimum atomic E-state index is 0.588. The number of hydrogen-bond donors (Lipinski definition) is 1. The largest absolute Gasteiger partial charge is 0.330 e. The van der Waals surface area contributed by atoms with Crippen LogP contribution in [0.3, 0.4) is 0 Å². The van der Waals surface area contributed by atoms with E-state index in [1.807, 2.05) is 0 Å². The lowest BCUT2D eigenvalue weighted by Crippen LogP contribution is -2.56. The summed E-state index contributed by atoms with van der Waals surface area (Å²) in [6, 6.07) is 0. The molecule has 2 heteroatoms. The highest BCUT2D eigenvalue weighted by atomic mass is 15.2. The molecule has 0 aromatic rings. The summed E-state index contributed by atoms with van der Waals surface area (Å²) in [4.78, 5) is 2.49. The molecule has 0 atom stereocenters.